The molecule has 0 fully saturated rings. The molecule has 5 heteroatoms. The normalized spacial score (nSPS) is 15.5. The fourth-order valence-electron chi connectivity index (χ4n) is 2.10. The predicted molar refractivity (Wildman–Crippen MR) is 81.7 cm³/mol. The van der Waals surface area contributed by atoms with E-state index in [1.807, 2.05) is 38.2 Å². The maximum Gasteiger partial charge on any atom is 0.148 e. The second kappa shape index (κ2) is 6.73. The van der Waals surface area contributed by atoms with Gasteiger partial charge in [0.1, 0.15) is 9.84 Å². The molecule has 0 amide bonds. The first-order valence-electron chi connectivity index (χ1n) is 6.32. The summed E-state index contributed by atoms with van der Waals surface area (Å²) < 4.78 is 22.6. The Hall–Kier alpha value is -0.580. The Morgan fingerprint density at radius 2 is 1.95 bits per heavy atom. The zero-order valence-electron chi connectivity index (χ0n) is 11.9. The Morgan fingerprint density at radius 3 is 2.47 bits per heavy atom. The number of rotatable bonds is 6. The lowest BCUT2D eigenvalue weighted by molar-refractivity contribution is 0.262. The van der Waals surface area contributed by atoms with E-state index in [9.17, 15) is 8.42 Å². The van der Waals surface area contributed by atoms with Gasteiger partial charge < -0.3 is 4.90 Å². The van der Waals surface area contributed by atoms with E-state index >= 15 is 0 Å². The minimum Gasteiger partial charge on any atom is -0.302 e. The Balaban J connectivity index is 2.63. The zero-order valence-corrected chi connectivity index (χ0v) is 13.5. The summed E-state index contributed by atoms with van der Waals surface area (Å²) in [5.74, 6) is 0.497. The number of halogens is 1. The summed E-state index contributed by atoms with van der Waals surface area (Å²) in [6.45, 7) is 4.86. The van der Waals surface area contributed by atoms with E-state index in [0.717, 1.165) is 11.6 Å². The van der Waals surface area contributed by atoms with E-state index in [1.165, 1.54) is 11.8 Å². The fraction of sp³-hybridized carbons (Fsp3) is 0.571. The molecular weight excluding hydrogens is 282 g/mol. The van der Waals surface area contributed by atoms with E-state index in [0.29, 0.717) is 5.92 Å². The van der Waals surface area contributed by atoms with Gasteiger partial charge in [-0.3, -0.25) is 0 Å². The van der Waals surface area contributed by atoms with Crippen molar-refractivity contribution >= 4 is 21.4 Å². The van der Waals surface area contributed by atoms with Crippen LogP contribution in [0.5, 0.6) is 0 Å². The standard InChI is InChI=1S/C14H22ClNO2S/c1-11(13-6-5-7-14(15)8-13)9-16(3)12(2)10-19(4,17)18/h5-8,11-12H,9-10H2,1-4H3/t11-,12+/m1/s1. The van der Waals surface area contributed by atoms with Crippen molar-refractivity contribution in [2.45, 2.75) is 25.8 Å². The lowest BCUT2D eigenvalue weighted by Gasteiger charge is -2.27. The Labute approximate surface area is 121 Å². The number of hydrogen-bond acceptors (Lipinski definition) is 3. The first kappa shape index (κ1) is 16.5. The molecule has 0 saturated carbocycles. The topological polar surface area (TPSA) is 37.4 Å². The molecule has 1 rings (SSSR count). The number of benzene rings is 1. The maximum atomic E-state index is 11.3. The highest BCUT2D eigenvalue weighted by Gasteiger charge is 2.17. The number of likely N-dealkylation sites (N-methyl/N-ethyl adjacent to an activating group) is 1. The van der Waals surface area contributed by atoms with Gasteiger partial charge in [-0.15, -0.1) is 0 Å². The molecule has 0 saturated heterocycles. The zero-order chi connectivity index (χ0) is 14.6. The summed E-state index contributed by atoms with van der Waals surface area (Å²) in [5, 5.41) is 0.733. The molecule has 1 aromatic carbocycles. The Bertz CT molecular complexity index is 516. The van der Waals surface area contributed by atoms with Gasteiger partial charge in [-0.05, 0) is 37.6 Å². The minimum absolute atomic E-state index is 0.0108. The van der Waals surface area contributed by atoms with E-state index in [4.69, 9.17) is 11.6 Å². The van der Waals surface area contributed by atoms with Crippen LogP contribution in [0.1, 0.15) is 25.3 Å². The van der Waals surface area contributed by atoms with Gasteiger partial charge in [-0.1, -0.05) is 30.7 Å². The third-order valence-corrected chi connectivity index (χ3v) is 4.60. The Kier molecular flexibility index (Phi) is 5.83. The van der Waals surface area contributed by atoms with Crippen molar-refractivity contribution in [3.05, 3.63) is 34.9 Å². The fourth-order valence-corrected chi connectivity index (χ4v) is 3.43. The second-order valence-electron chi connectivity index (χ2n) is 5.34. The van der Waals surface area contributed by atoms with Crippen molar-refractivity contribution in [1.82, 2.24) is 4.90 Å². The van der Waals surface area contributed by atoms with Crippen molar-refractivity contribution in [3.8, 4) is 0 Å². The smallest absolute Gasteiger partial charge is 0.148 e. The van der Waals surface area contributed by atoms with Crippen molar-refractivity contribution < 1.29 is 8.42 Å². The average Bonchev–Trinajstić information content (AvgIpc) is 2.26. The minimum atomic E-state index is -2.94. The molecule has 1 aromatic rings. The lowest BCUT2D eigenvalue weighted by Crippen LogP contribution is -2.37. The molecule has 3 nitrogen and oxygen atoms in total. The van der Waals surface area contributed by atoms with Crippen LogP contribution < -0.4 is 0 Å². The first-order valence-corrected chi connectivity index (χ1v) is 8.76. The van der Waals surface area contributed by atoms with Crippen LogP contribution in [0.2, 0.25) is 5.02 Å². The second-order valence-corrected chi connectivity index (χ2v) is 7.96. The molecule has 0 unspecified atom stereocenters. The summed E-state index contributed by atoms with van der Waals surface area (Å²) >= 11 is 5.98. The first-order chi connectivity index (χ1) is 8.69. The highest BCUT2D eigenvalue weighted by Crippen LogP contribution is 2.20. The van der Waals surface area contributed by atoms with E-state index in [1.54, 1.807) is 0 Å². The van der Waals surface area contributed by atoms with Crippen molar-refractivity contribution in [3.63, 3.8) is 0 Å². The number of nitrogens with zero attached hydrogens (tertiary/aromatic N) is 1. The SMILES string of the molecule is C[C@H](CN(C)[C@@H](C)CS(C)(=O)=O)c1cccc(Cl)c1. The molecule has 0 heterocycles. The van der Waals surface area contributed by atoms with E-state index in [-0.39, 0.29) is 11.8 Å². The van der Waals surface area contributed by atoms with Gasteiger partial charge in [0, 0.05) is 23.9 Å². The lowest BCUT2D eigenvalue weighted by atomic mass is 10.0. The molecule has 0 bridgehead atoms. The summed E-state index contributed by atoms with van der Waals surface area (Å²) in [5.41, 5.74) is 1.17. The van der Waals surface area contributed by atoms with Gasteiger partial charge in [0.15, 0.2) is 0 Å². The highest BCUT2D eigenvalue weighted by atomic mass is 35.5. The molecule has 2 atom stereocenters. The summed E-state index contributed by atoms with van der Waals surface area (Å²) in [6, 6.07) is 7.81. The highest BCUT2D eigenvalue weighted by molar-refractivity contribution is 7.90. The van der Waals surface area contributed by atoms with Gasteiger partial charge in [0.2, 0.25) is 0 Å². The molecule has 0 aliphatic heterocycles. The van der Waals surface area contributed by atoms with Crippen molar-refractivity contribution in [1.29, 1.82) is 0 Å². The molecular formula is C14H22ClNO2S. The van der Waals surface area contributed by atoms with Crippen LogP contribution in [0.3, 0.4) is 0 Å². The molecule has 19 heavy (non-hydrogen) atoms. The summed E-state index contributed by atoms with van der Waals surface area (Å²) in [6.07, 6.45) is 1.28. The van der Waals surface area contributed by atoms with Crippen LogP contribution >= 0.6 is 11.6 Å². The van der Waals surface area contributed by atoms with Crippen LogP contribution in [-0.4, -0.2) is 45.0 Å². The quantitative estimate of drug-likeness (QED) is 0.811. The average molecular weight is 304 g/mol. The van der Waals surface area contributed by atoms with Crippen LogP contribution in [0.4, 0.5) is 0 Å². The van der Waals surface area contributed by atoms with Gasteiger partial charge >= 0.3 is 0 Å². The molecule has 0 aliphatic carbocycles. The van der Waals surface area contributed by atoms with Gasteiger partial charge in [0.25, 0.3) is 0 Å². The van der Waals surface area contributed by atoms with Gasteiger partial charge in [-0.25, -0.2) is 8.42 Å². The van der Waals surface area contributed by atoms with Gasteiger partial charge in [0.05, 0.1) is 5.75 Å². The van der Waals surface area contributed by atoms with Crippen LogP contribution in [0.15, 0.2) is 24.3 Å². The van der Waals surface area contributed by atoms with Crippen LogP contribution in [0.25, 0.3) is 0 Å². The Morgan fingerprint density at radius 1 is 1.32 bits per heavy atom. The van der Waals surface area contributed by atoms with Gasteiger partial charge in [-0.2, -0.15) is 0 Å². The third-order valence-electron chi connectivity index (χ3n) is 3.28. The molecule has 108 valence electrons. The molecule has 0 aliphatic rings. The number of hydrogen-bond donors (Lipinski definition) is 0. The molecule has 0 radical (unpaired) electrons. The van der Waals surface area contributed by atoms with Crippen LogP contribution in [0, 0.1) is 0 Å². The van der Waals surface area contributed by atoms with Crippen LogP contribution in [-0.2, 0) is 9.84 Å². The molecule has 0 N–H and O–H groups in total. The van der Waals surface area contributed by atoms with Crippen molar-refractivity contribution in [2.75, 3.05) is 25.6 Å². The third kappa shape index (κ3) is 5.93. The summed E-state index contributed by atoms with van der Waals surface area (Å²) in [7, 11) is -0.983. The maximum absolute atomic E-state index is 11.3. The van der Waals surface area contributed by atoms with E-state index in [2.05, 4.69) is 11.8 Å². The number of sulfone groups is 1. The van der Waals surface area contributed by atoms with Crippen molar-refractivity contribution in [2.24, 2.45) is 0 Å². The van der Waals surface area contributed by atoms with E-state index < -0.39 is 9.84 Å². The largest absolute Gasteiger partial charge is 0.302 e. The molecule has 0 spiro atoms. The predicted octanol–water partition coefficient (Wildman–Crippen LogP) is 2.81. The summed E-state index contributed by atoms with van der Waals surface area (Å²) in [4.78, 5) is 2.08. The monoisotopic (exact) mass is 303 g/mol. The molecule has 0 aromatic heterocycles.